The van der Waals surface area contributed by atoms with E-state index in [0.717, 1.165) is 11.1 Å². The maximum Gasteiger partial charge on any atom is 0.271 e. The first-order chi connectivity index (χ1) is 12.3. The molecule has 1 heterocycles. The van der Waals surface area contributed by atoms with Crippen LogP contribution in [0.2, 0.25) is 0 Å². The Balaban J connectivity index is 1.90. The summed E-state index contributed by atoms with van der Waals surface area (Å²) in [4.78, 5) is 16.5. The summed E-state index contributed by atoms with van der Waals surface area (Å²) in [5.41, 5.74) is 5.44. The number of nitrogens with one attached hydrogen (secondary N) is 1. The predicted molar refractivity (Wildman–Crippen MR) is 96.8 cm³/mol. The van der Waals surface area contributed by atoms with E-state index >= 15 is 0 Å². The van der Waals surface area contributed by atoms with Gasteiger partial charge < -0.3 is 4.74 Å². The van der Waals surface area contributed by atoms with Gasteiger partial charge in [0.2, 0.25) is 0 Å². The third-order valence-corrected chi connectivity index (χ3v) is 3.58. The Bertz CT molecular complexity index is 836. The summed E-state index contributed by atoms with van der Waals surface area (Å²) in [6.07, 6.45) is 3.41. The molecule has 2 aromatic carbocycles. The Kier molecular flexibility index (Phi) is 5.16. The molecule has 3 rings (SSSR count). The SMILES string of the molecule is COc1cccc(C(=O)NN=C(c2ccccc2)c2cccnc2)c1. The molecule has 1 N–H and O–H groups in total. The number of amides is 1. The number of hydrazone groups is 1. The minimum Gasteiger partial charge on any atom is -0.497 e. The lowest BCUT2D eigenvalue weighted by Crippen LogP contribution is -2.20. The Hall–Kier alpha value is -3.47. The van der Waals surface area contributed by atoms with Gasteiger partial charge in [-0.05, 0) is 30.3 Å². The average molecular weight is 331 g/mol. The van der Waals surface area contributed by atoms with Crippen LogP contribution in [0.25, 0.3) is 0 Å². The van der Waals surface area contributed by atoms with Gasteiger partial charge in [-0.1, -0.05) is 36.4 Å². The van der Waals surface area contributed by atoms with Crippen LogP contribution in [0.1, 0.15) is 21.5 Å². The predicted octanol–water partition coefficient (Wildman–Crippen LogP) is 3.27. The maximum absolute atomic E-state index is 12.4. The number of methoxy groups -OCH3 is 1. The molecule has 0 aliphatic rings. The van der Waals surface area contributed by atoms with Crippen LogP contribution in [0.4, 0.5) is 0 Å². The third kappa shape index (κ3) is 4.09. The Morgan fingerprint density at radius 1 is 0.960 bits per heavy atom. The van der Waals surface area contributed by atoms with Crippen molar-refractivity contribution in [3.05, 3.63) is 95.8 Å². The third-order valence-electron chi connectivity index (χ3n) is 3.58. The van der Waals surface area contributed by atoms with E-state index in [4.69, 9.17) is 4.74 Å². The highest BCUT2D eigenvalue weighted by Gasteiger charge is 2.10. The van der Waals surface area contributed by atoms with Crippen molar-refractivity contribution in [3.8, 4) is 5.75 Å². The second-order valence-corrected chi connectivity index (χ2v) is 5.24. The quantitative estimate of drug-likeness (QED) is 0.576. The van der Waals surface area contributed by atoms with E-state index in [-0.39, 0.29) is 5.91 Å². The van der Waals surface area contributed by atoms with Gasteiger partial charge in [0.15, 0.2) is 0 Å². The van der Waals surface area contributed by atoms with Crippen LogP contribution in [-0.4, -0.2) is 23.7 Å². The molecule has 5 nitrogen and oxygen atoms in total. The molecule has 0 atom stereocenters. The van der Waals surface area contributed by atoms with Crippen molar-refractivity contribution < 1.29 is 9.53 Å². The smallest absolute Gasteiger partial charge is 0.271 e. The number of nitrogens with zero attached hydrogens (tertiary/aromatic N) is 2. The second-order valence-electron chi connectivity index (χ2n) is 5.24. The summed E-state index contributed by atoms with van der Waals surface area (Å²) >= 11 is 0. The van der Waals surface area contributed by atoms with Crippen LogP contribution in [-0.2, 0) is 0 Å². The van der Waals surface area contributed by atoms with Crippen LogP contribution in [0.15, 0.2) is 84.2 Å². The van der Waals surface area contributed by atoms with E-state index in [1.54, 1.807) is 43.8 Å². The van der Waals surface area contributed by atoms with Crippen molar-refractivity contribution in [1.29, 1.82) is 0 Å². The number of benzene rings is 2. The molecule has 124 valence electrons. The number of pyridine rings is 1. The van der Waals surface area contributed by atoms with Gasteiger partial charge in [0.1, 0.15) is 5.75 Å². The van der Waals surface area contributed by atoms with Gasteiger partial charge in [-0.25, -0.2) is 5.43 Å². The van der Waals surface area contributed by atoms with Gasteiger partial charge in [0.25, 0.3) is 5.91 Å². The average Bonchev–Trinajstić information content (AvgIpc) is 2.69. The molecule has 0 radical (unpaired) electrons. The lowest BCUT2D eigenvalue weighted by molar-refractivity contribution is 0.0954. The summed E-state index contributed by atoms with van der Waals surface area (Å²) in [5, 5.41) is 4.33. The molecule has 0 fully saturated rings. The maximum atomic E-state index is 12.4. The fourth-order valence-electron chi connectivity index (χ4n) is 2.33. The number of ether oxygens (including phenoxy) is 1. The minimum absolute atomic E-state index is 0.309. The molecule has 25 heavy (non-hydrogen) atoms. The first-order valence-corrected chi connectivity index (χ1v) is 7.76. The highest BCUT2D eigenvalue weighted by Crippen LogP contribution is 2.13. The number of hydrogen-bond acceptors (Lipinski definition) is 4. The van der Waals surface area contributed by atoms with Gasteiger partial charge in [0, 0.05) is 29.1 Å². The normalized spacial score (nSPS) is 11.0. The molecular formula is C20H17N3O2. The molecule has 3 aromatic rings. The molecule has 1 amide bonds. The Labute approximate surface area is 146 Å². The Morgan fingerprint density at radius 2 is 1.72 bits per heavy atom. The van der Waals surface area contributed by atoms with Crippen molar-refractivity contribution in [2.24, 2.45) is 5.10 Å². The van der Waals surface area contributed by atoms with Crippen molar-refractivity contribution in [2.75, 3.05) is 7.11 Å². The van der Waals surface area contributed by atoms with Gasteiger partial charge in [-0.3, -0.25) is 9.78 Å². The monoisotopic (exact) mass is 331 g/mol. The zero-order valence-corrected chi connectivity index (χ0v) is 13.7. The molecule has 0 unspecified atom stereocenters. The fraction of sp³-hybridized carbons (Fsp3) is 0.0500. The number of aromatic nitrogens is 1. The van der Waals surface area contributed by atoms with Gasteiger partial charge in [0.05, 0.1) is 12.8 Å². The number of carbonyl (C=O) groups excluding carboxylic acids is 1. The zero-order chi connectivity index (χ0) is 17.5. The van der Waals surface area contributed by atoms with Gasteiger partial charge in [-0.15, -0.1) is 0 Å². The van der Waals surface area contributed by atoms with E-state index in [1.165, 1.54) is 0 Å². The molecule has 0 bridgehead atoms. The highest BCUT2D eigenvalue weighted by atomic mass is 16.5. The summed E-state index contributed by atoms with van der Waals surface area (Å²) in [5.74, 6) is 0.309. The summed E-state index contributed by atoms with van der Waals surface area (Å²) < 4.78 is 5.15. The van der Waals surface area contributed by atoms with Crippen molar-refractivity contribution >= 4 is 11.6 Å². The number of carbonyl (C=O) groups is 1. The highest BCUT2D eigenvalue weighted by molar-refractivity contribution is 6.13. The van der Waals surface area contributed by atoms with E-state index in [0.29, 0.717) is 17.0 Å². The first kappa shape index (κ1) is 16.4. The standard InChI is InChI=1S/C20H17N3O2/c1-25-18-11-5-9-16(13-18)20(24)23-22-19(15-7-3-2-4-8-15)17-10-6-12-21-14-17/h2-14H,1H3,(H,23,24). The number of hydrogen-bond donors (Lipinski definition) is 1. The van der Waals surface area contributed by atoms with E-state index < -0.39 is 0 Å². The topological polar surface area (TPSA) is 63.6 Å². The molecule has 0 spiro atoms. The van der Waals surface area contributed by atoms with Crippen LogP contribution in [0, 0.1) is 0 Å². The minimum atomic E-state index is -0.309. The van der Waals surface area contributed by atoms with Crippen molar-refractivity contribution in [2.45, 2.75) is 0 Å². The van der Waals surface area contributed by atoms with Gasteiger partial charge in [-0.2, -0.15) is 5.10 Å². The molecule has 1 aromatic heterocycles. The van der Waals surface area contributed by atoms with Crippen LogP contribution < -0.4 is 10.2 Å². The largest absolute Gasteiger partial charge is 0.497 e. The lowest BCUT2D eigenvalue weighted by atomic mass is 10.0. The summed E-state index contributed by atoms with van der Waals surface area (Å²) in [7, 11) is 1.56. The second kappa shape index (κ2) is 7.88. The van der Waals surface area contributed by atoms with Crippen LogP contribution in [0.5, 0.6) is 5.75 Å². The van der Waals surface area contributed by atoms with E-state index in [9.17, 15) is 4.79 Å². The molecule has 0 saturated heterocycles. The molecular weight excluding hydrogens is 314 g/mol. The number of rotatable bonds is 5. The van der Waals surface area contributed by atoms with Crippen LogP contribution >= 0.6 is 0 Å². The van der Waals surface area contributed by atoms with Crippen molar-refractivity contribution in [3.63, 3.8) is 0 Å². The lowest BCUT2D eigenvalue weighted by Gasteiger charge is -2.08. The molecule has 5 heteroatoms. The summed E-state index contributed by atoms with van der Waals surface area (Å²) in [6, 6.07) is 20.3. The molecule has 0 aliphatic heterocycles. The molecule has 0 saturated carbocycles. The first-order valence-electron chi connectivity index (χ1n) is 7.76. The van der Waals surface area contributed by atoms with E-state index in [2.05, 4.69) is 15.5 Å². The fourth-order valence-corrected chi connectivity index (χ4v) is 2.33. The zero-order valence-electron chi connectivity index (χ0n) is 13.7. The van der Waals surface area contributed by atoms with Crippen LogP contribution in [0.3, 0.4) is 0 Å². The Morgan fingerprint density at radius 3 is 2.44 bits per heavy atom. The molecule has 0 aliphatic carbocycles. The van der Waals surface area contributed by atoms with Crippen molar-refractivity contribution in [1.82, 2.24) is 10.4 Å². The van der Waals surface area contributed by atoms with E-state index in [1.807, 2.05) is 42.5 Å². The van der Waals surface area contributed by atoms with Gasteiger partial charge >= 0.3 is 0 Å². The summed E-state index contributed by atoms with van der Waals surface area (Å²) in [6.45, 7) is 0.